The highest BCUT2D eigenvalue weighted by atomic mass is 16.4. The van der Waals surface area contributed by atoms with Gasteiger partial charge in [0.1, 0.15) is 5.76 Å². The summed E-state index contributed by atoms with van der Waals surface area (Å²) in [7, 11) is 1.75. The zero-order valence-corrected chi connectivity index (χ0v) is 18.8. The summed E-state index contributed by atoms with van der Waals surface area (Å²) in [5.74, 6) is 2.21. The second-order valence-corrected chi connectivity index (χ2v) is 8.44. The van der Waals surface area contributed by atoms with Crippen LogP contribution < -0.4 is 10.6 Å². The molecule has 0 saturated carbocycles. The van der Waals surface area contributed by atoms with E-state index in [1.165, 1.54) is 11.1 Å². The molecule has 0 spiro atoms. The third-order valence-electron chi connectivity index (χ3n) is 5.06. The first kappa shape index (κ1) is 21.6. The Morgan fingerprint density at radius 1 is 1.10 bits per heavy atom. The average Bonchev–Trinajstić information content (AvgIpc) is 3.29. The standard InChI is InChI=1S/C23H32N6O/c1-16-19(17(2)29(28-16)15-18-10-8-7-9-11-18)12-26-22(24-6)27-14-21-25-13-20(30-21)23(3,4)5/h7-11,13H,12,14-15H2,1-6H3,(H2,24,26,27). The van der Waals surface area contributed by atoms with Crippen LogP contribution in [-0.4, -0.2) is 27.8 Å². The maximum Gasteiger partial charge on any atom is 0.213 e. The van der Waals surface area contributed by atoms with Crippen molar-refractivity contribution < 1.29 is 4.42 Å². The number of guanidine groups is 1. The second kappa shape index (κ2) is 9.15. The third-order valence-corrected chi connectivity index (χ3v) is 5.06. The molecule has 1 aromatic carbocycles. The van der Waals surface area contributed by atoms with Gasteiger partial charge in [-0.2, -0.15) is 5.10 Å². The van der Waals surface area contributed by atoms with Crippen molar-refractivity contribution in [2.45, 2.75) is 59.7 Å². The summed E-state index contributed by atoms with van der Waals surface area (Å²) in [6.07, 6.45) is 1.79. The van der Waals surface area contributed by atoms with Crippen LogP contribution in [0.2, 0.25) is 0 Å². The first-order chi connectivity index (χ1) is 14.3. The molecule has 0 atom stereocenters. The average molecular weight is 409 g/mol. The SMILES string of the molecule is CN=C(NCc1ncc(C(C)(C)C)o1)NCc1c(C)nn(Cc2ccccc2)c1C. The molecule has 0 saturated heterocycles. The van der Waals surface area contributed by atoms with Crippen LogP contribution in [0, 0.1) is 13.8 Å². The van der Waals surface area contributed by atoms with Gasteiger partial charge in [-0.15, -0.1) is 0 Å². The molecule has 2 aromatic heterocycles. The maximum atomic E-state index is 5.83. The second-order valence-electron chi connectivity index (χ2n) is 8.44. The van der Waals surface area contributed by atoms with E-state index in [1.54, 1.807) is 13.2 Å². The highest BCUT2D eigenvalue weighted by Gasteiger charge is 2.19. The number of aliphatic imine (C=N–C) groups is 1. The van der Waals surface area contributed by atoms with Gasteiger partial charge in [-0.25, -0.2) is 4.98 Å². The molecule has 0 bridgehead atoms. The number of aryl methyl sites for hydroxylation is 1. The smallest absolute Gasteiger partial charge is 0.213 e. The van der Waals surface area contributed by atoms with Gasteiger partial charge in [-0.1, -0.05) is 51.1 Å². The number of oxazole rings is 1. The van der Waals surface area contributed by atoms with E-state index in [2.05, 4.69) is 77.3 Å². The lowest BCUT2D eigenvalue weighted by Crippen LogP contribution is -2.36. The van der Waals surface area contributed by atoms with Gasteiger partial charge in [-0.05, 0) is 19.4 Å². The summed E-state index contributed by atoms with van der Waals surface area (Å²) < 4.78 is 7.89. The van der Waals surface area contributed by atoms with E-state index in [0.29, 0.717) is 24.9 Å². The Morgan fingerprint density at radius 3 is 2.43 bits per heavy atom. The van der Waals surface area contributed by atoms with Gasteiger partial charge in [-0.3, -0.25) is 9.67 Å². The van der Waals surface area contributed by atoms with Crippen molar-refractivity contribution in [3.63, 3.8) is 0 Å². The number of aromatic nitrogens is 3. The Morgan fingerprint density at radius 2 is 1.80 bits per heavy atom. The topological polar surface area (TPSA) is 80.3 Å². The first-order valence-electron chi connectivity index (χ1n) is 10.2. The maximum absolute atomic E-state index is 5.83. The third kappa shape index (κ3) is 5.28. The summed E-state index contributed by atoms with van der Waals surface area (Å²) in [4.78, 5) is 8.66. The van der Waals surface area contributed by atoms with E-state index >= 15 is 0 Å². The van der Waals surface area contributed by atoms with E-state index < -0.39 is 0 Å². The lowest BCUT2D eigenvalue weighted by atomic mass is 9.94. The van der Waals surface area contributed by atoms with Crippen molar-refractivity contribution in [3.05, 3.63) is 70.7 Å². The van der Waals surface area contributed by atoms with E-state index in [4.69, 9.17) is 9.52 Å². The molecule has 3 aromatic rings. The summed E-state index contributed by atoms with van der Waals surface area (Å²) in [6.45, 7) is 12.3. The normalized spacial score (nSPS) is 12.3. The fourth-order valence-electron chi connectivity index (χ4n) is 3.19. The lowest BCUT2D eigenvalue weighted by Gasteiger charge is -2.13. The van der Waals surface area contributed by atoms with Crippen molar-refractivity contribution in [3.8, 4) is 0 Å². The largest absolute Gasteiger partial charge is 0.443 e. The minimum absolute atomic E-state index is 0.0554. The van der Waals surface area contributed by atoms with E-state index in [0.717, 1.165) is 23.7 Å². The van der Waals surface area contributed by atoms with Gasteiger partial charge in [0.25, 0.3) is 0 Å². The summed E-state index contributed by atoms with van der Waals surface area (Å²) in [5, 5.41) is 11.3. The van der Waals surface area contributed by atoms with E-state index in [-0.39, 0.29) is 5.41 Å². The van der Waals surface area contributed by atoms with Crippen molar-refractivity contribution in [1.82, 2.24) is 25.4 Å². The van der Waals surface area contributed by atoms with Crippen LogP contribution in [0.25, 0.3) is 0 Å². The van der Waals surface area contributed by atoms with Gasteiger partial charge < -0.3 is 15.1 Å². The molecule has 0 unspecified atom stereocenters. The molecular formula is C23H32N6O. The molecule has 7 nitrogen and oxygen atoms in total. The number of rotatable bonds is 6. The number of benzene rings is 1. The predicted molar refractivity (Wildman–Crippen MR) is 119 cm³/mol. The number of hydrogen-bond donors (Lipinski definition) is 2. The van der Waals surface area contributed by atoms with Crippen LogP contribution in [-0.2, 0) is 25.0 Å². The van der Waals surface area contributed by atoms with Gasteiger partial charge >= 0.3 is 0 Å². The van der Waals surface area contributed by atoms with Gasteiger partial charge in [0, 0.05) is 30.3 Å². The summed E-state index contributed by atoms with van der Waals surface area (Å²) in [5.41, 5.74) is 4.54. The molecule has 3 rings (SSSR count). The van der Waals surface area contributed by atoms with Crippen molar-refractivity contribution in [2.75, 3.05) is 7.05 Å². The van der Waals surface area contributed by atoms with Crippen LogP contribution >= 0.6 is 0 Å². The van der Waals surface area contributed by atoms with Crippen molar-refractivity contribution in [2.24, 2.45) is 4.99 Å². The molecule has 0 aliphatic carbocycles. The van der Waals surface area contributed by atoms with Gasteiger partial charge in [0.2, 0.25) is 5.89 Å². The van der Waals surface area contributed by atoms with Crippen LogP contribution in [0.3, 0.4) is 0 Å². The van der Waals surface area contributed by atoms with Crippen molar-refractivity contribution in [1.29, 1.82) is 0 Å². The minimum atomic E-state index is -0.0554. The first-order valence-corrected chi connectivity index (χ1v) is 10.2. The molecule has 2 N–H and O–H groups in total. The monoisotopic (exact) mass is 408 g/mol. The van der Waals surface area contributed by atoms with E-state index in [9.17, 15) is 0 Å². The van der Waals surface area contributed by atoms with Crippen LogP contribution in [0.1, 0.15) is 54.9 Å². The Hall–Kier alpha value is -3.09. The lowest BCUT2D eigenvalue weighted by molar-refractivity contribution is 0.379. The zero-order chi connectivity index (χ0) is 21.7. The molecular weight excluding hydrogens is 376 g/mol. The molecule has 0 aliphatic heterocycles. The van der Waals surface area contributed by atoms with Crippen LogP contribution in [0.5, 0.6) is 0 Å². The fraction of sp³-hybridized carbons (Fsp3) is 0.435. The van der Waals surface area contributed by atoms with Crippen LogP contribution in [0.15, 0.2) is 45.9 Å². The highest BCUT2D eigenvalue weighted by Crippen LogP contribution is 2.22. The molecule has 0 amide bonds. The van der Waals surface area contributed by atoms with E-state index in [1.807, 2.05) is 13.0 Å². The number of nitrogens with one attached hydrogen (secondary N) is 2. The Labute approximate surface area is 178 Å². The molecule has 0 fully saturated rings. The Bertz CT molecular complexity index is 995. The molecule has 30 heavy (non-hydrogen) atoms. The summed E-state index contributed by atoms with van der Waals surface area (Å²) >= 11 is 0. The van der Waals surface area contributed by atoms with Crippen LogP contribution in [0.4, 0.5) is 0 Å². The summed E-state index contributed by atoms with van der Waals surface area (Å²) in [6, 6.07) is 10.4. The van der Waals surface area contributed by atoms with Gasteiger partial charge in [0.05, 0.1) is 25.0 Å². The quantitative estimate of drug-likeness (QED) is 0.480. The Balaban J connectivity index is 1.59. The molecule has 0 radical (unpaired) electrons. The highest BCUT2D eigenvalue weighted by molar-refractivity contribution is 5.79. The molecule has 0 aliphatic rings. The Kier molecular flexibility index (Phi) is 6.59. The minimum Gasteiger partial charge on any atom is -0.443 e. The molecule has 2 heterocycles. The zero-order valence-electron chi connectivity index (χ0n) is 18.8. The van der Waals surface area contributed by atoms with Crippen molar-refractivity contribution >= 4 is 5.96 Å². The number of hydrogen-bond acceptors (Lipinski definition) is 4. The molecule has 160 valence electrons. The number of nitrogens with zero attached hydrogens (tertiary/aromatic N) is 4. The van der Waals surface area contributed by atoms with Gasteiger partial charge in [0.15, 0.2) is 5.96 Å². The molecule has 7 heteroatoms. The fourth-order valence-corrected chi connectivity index (χ4v) is 3.19. The predicted octanol–water partition coefficient (Wildman–Crippen LogP) is 3.70.